The summed E-state index contributed by atoms with van der Waals surface area (Å²) in [5.74, 6) is -0.392. The first-order chi connectivity index (χ1) is 9.99. The average Bonchev–Trinajstić information content (AvgIpc) is 2.50. The Bertz CT molecular complexity index is 678. The normalized spacial score (nSPS) is 11.6. The largest absolute Gasteiger partial charge is 0.388 e. The molecule has 0 aliphatic rings. The van der Waals surface area contributed by atoms with Crippen LogP contribution in [0.5, 0.6) is 0 Å². The molecule has 2 aromatic rings. The van der Waals surface area contributed by atoms with Gasteiger partial charge in [-0.15, -0.1) is 0 Å². The van der Waals surface area contributed by atoms with Gasteiger partial charge in [0.15, 0.2) is 0 Å². The summed E-state index contributed by atoms with van der Waals surface area (Å²) in [6.07, 6.45) is 1.03. The number of aromatic nitrogens is 2. The van der Waals surface area contributed by atoms with Crippen molar-refractivity contribution in [3.8, 4) is 11.3 Å². The first kappa shape index (κ1) is 15.4. The second kappa shape index (κ2) is 6.18. The minimum Gasteiger partial charge on any atom is -0.388 e. The van der Waals surface area contributed by atoms with E-state index in [4.69, 9.17) is 0 Å². The maximum atomic E-state index is 13.8. The van der Waals surface area contributed by atoms with Gasteiger partial charge in [-0.05, 0) is 31.0 Å². The highest BCUT2D eigenvalue weighted by Gasteiger charge is 2.24. The minimum absolute atomic E-state index is 0.0983. The van der Waals surface area contributed by atoms with E-state index >= 15 is 0 Å². The van der Waals surface area contributed by atoms with Crippen molar-refractivity contribution in [2.45, 2.75) is 38.8 Å². The zero-order valence-corrected chi connectivity index (χ0v) is 12.2. The van der Waals surface area contributed by atoms with Gasteiger partial charge in [0.05, 0.1) is 17.8 Å². The fourth-order valence-corrected chi connectivity index (χ4v) is 2.13. The highest BCUT2D eigenvalue weighted by Crippen LogP contribution is 2.20. The smallest absolute Gasteiger partial charge is 0.266 e. The summed E-state index contributed by atoms with van der Waals surface area (Å²) < 4.78 is 15.0. The second-order valence-corrected chi connectivity index (χ2v) is 5.13. The van der Waals surface area contributed by atoms with Crippen LogP contribution in [0.25, 0.3) is 11.3 Å². The molecule has 0 bridgehead atoms. The van der Waals surface area contributed by atoms with Crippen molar-refractivity contribution >= 4 is 0 Å². The third kappa shape index (κ3) is 3.36. The van der Waals surface area contributed by atoms with Crippen molar-refractivity contribution in [2.24, 2.45) is 0 Å². The molecule has 0 fully saturated rings. The summed E-state index contributed by atoms with van der Waals surface area (Å²) in [5, 5.41) is 14.5. The summed E-state index contributed by atoms with van der Waals surface area (Å²) in [6.45, 7) is 3.81. The molecule has 0 saturated carbocycles. The molecular weight excluding hydrogens is 271 g/mol. The van der Waals surface area contributed by atoms with Crippen LogP contribution in [0.2, 0.25) is 0 Å². The molecule has 0 radical (unpaired) electrons. The van der Waals surface area contributed by atoms with Crippen LogP contribution in [0.4, 0.5) is 4.39 Å². The molecule has 0 aliphatic heterocycles. The number of aliphatic hydroxyl groups is 1. The molecule has 1 N–H and O–H groups in total. The zero-order chi connectivity index (χ0) is 15.5. The molecule has 2 rings (SSSR count). The third-order valence-electron chi connectivity index (χ3n) is 3.78. The number of rotatable bonds is 5. The quantitative estimate of drug-likeness (QED) is 0.921. The van der Waals surface area contributed by atoms with Gasteiger partial charge in [0.1, 0.15) is 5.82 Å². The molecular formula is C16H19FN2O2. The predicted octanol–water partition coefficient (Wildman–Crippen LogP) is 2.60. The van der Waals surface area contributed by atoms with Crippen LogP contribution in [0.3, 0.4) is 0 Å². The van der Waals surface area contributed by atoms with Gasteiger partial charge in [0.2, 0.25) is 0 Å². The van der Waals surface area contributed by atoms with Crippen molar-refractivity contribution in [1.29, 1.82) is 0 Å². The molecule has 0 saturated heterocycles. The van der Waals surface area contributed by atoms with Crippen LogP contribution in [0.15, 0.2) is 41.2 Å². The number of hydrogen-bond acceptors (Lipinski definition) is 3. The lowest BCUT2D eigenvalue weighted by Gasteiger charge is -2.25. The SMILES string of the molecule is CCC(O)(CC)Cn1nc(-c2ccccc2F)ccc1=O. The fourth-order valence-electron chi connectivity index (χ4n) is 2.13. The van der Waals surface area contributed by atoms with E-state index in [1.165, 1.54) is 22.9 Å². The van der Waals surface area contributed by atoms with E-state index in [0.717, 1.165) is 0 Å². The van der Waals surface area contributed by atoms with Gasteiger partial charge in [-0.1, -0.05) is 26.0 Å². The van der Waals surface area contributed by atoms with Gasteiger partial charge >= 0.3 is 0 Å². The van der Waals surface area contributed by atoms with Crippen molar-refractivity contribution in [1.82, 2.24) is 9.78 Å². The fraction of sp³-hybridized carbons (Fsp3) is 0.375. The van der Waals surface area contributed by atoms with Crippen LogP contribution in [-0.2, 0) is 6.54 Å². The standard InChI is InChI=1S/C16H19FN2O2/c1-3-16(21,4-2)11-19-15(20)10-9-14(18-19)12-7-5-6-8-13(12)17/h5-10,21H,3-4,11H2,1-2H3. The molecule has 4 nitrogen and oxygen atoms in total. The van der Waals surface area contributed by atoms with Crippen molar-refractivity contribution in [3.63, 3.8) is 0 Å². The van der Waals surface area contributed by atoms with Crippen LogP contribution < -0.4 is 5.56 Å². The Hall–Kier alpha value is -2.01. The Morgan fingerprint density at radius 2 is 1.86 bits per heavy atom. The Labute approximate surface area is 122 Å². The number of hydrogen-bond donors (Lipinski definition) is 1. The third-order valence-corrected chi connectivity index (χ3v) is 3.78. The van der Waals surface area contributed by atoms with E-state index in [0.29, 0.717) is 24.1 Å². The predicted molar refractivity (Wildman–Crippen MR) is 79.4 cm³/mol. The Morgan fingerprint density at radius 1 is 1.19 bits per heavy atom. The molecule has 0 amide bonds. The highest BCUT2D eigenvalue weighted by molar-refractivity contribution is 5.58. The van der Waals surface area contributed by atoms with Crippen molar-refractivity contribution in [2.75, 3.05) is 0 Å². The van der Waals surface area contributed by atoms with Crippen LogP contribution in [-0.4, -0.2) is 20.5 Å². The summed E-state index contributed by atoms with van der Waals surface area (Å²) in [4.78, 5) is 11.9. The Balaban J connectivity index is 2.43. The molecule has 1 aromatic carbocycles. The van der Waals surface area contributed by atoms with E-state index in [9.17, 15) is 14.3 Å². The molecule has 112 valence electrons. The van der Waals surface area contributed by atoms with E-state index in [2.05, 4.69) is 5.10 Å². The lowest BCUT2D eigenvalue weighted by atomic mass is 9.98. The first-order valence-corrected chi connectivity index (χ1v) is 7.04. The number of halogens is 1. The van der Waals surface area contributed by atoms with Crippen LogP contribution >= 0.6 is 0 Å². The second-order valence-electron chi connectivity index (χ2n) is 5.13. The van der Waals surface area contributed by atoms with E-state index in [1.54, 1.807) is 18.2 Å². The summed E-state index contributed by atoms with van der Waals surface area (Å²) in [5.41, 5.74) is -0.578. The molecule has 0 unspecified atom stereocenters. The maximum Gasteiger partial charge on any atom is 0.266 e. The Kier molecular flexibility index (Phi) is 4.53. The van der Waals surface area contributed by atoms with Gasteiger partial charge in [0.25, 0.3) is 5.56 Å². The highest BCUT2D eigenvalue weighted by atomic mass is 19.1. The summed E-state index contributed by atoms with van der Waals surface area (Å²) in [7, 11) is 0. The van der Waals surface area contributed by atoms with Crippen LogP contribution in [0, 0.1) is 5.82 Å². The molecule has 0 aliphatic carbocycles. The van der Waals surface area contributed by atoms with E-state index in [-0.39, 0.29) is 12.1 Å². The van der Waals surface area contributed by atoms with Gasteiger partial charge in [-0.25, -0.2) is 9.07 Å². The maximum absolute atomic E-state index is 13.8. The summed E-state index contributed by atoms with van der Waals surface area (Å²) >= 11 is 0. The molecule has 5 heteroatoms. The monoisotopic (exact) mass is 290 g/mol. The van der Waals surface area contributed by atoms with Gasteiger partial charge in [0, 0.05) is 11.6 Å². The van der Waals surface area contributed by atoms with Gasteiger partial charge in [-0.2, -0.15) is 5.10 Å². The molecule has 0 spiro atoms. The van der Waals surface area contributed by atoms with E-state index < -0.39 is 11.4 Å². The van der Waals surface area contributed by atoms with Gasteiger partial charge < -0.3 is 5.11 Å². The number of nitrogens with zero attached hydrogens (tertiary/aromatic N) is 2. The molecule has 1 aromatic heterocycles. The van der Waals surface area contributed by atoms with Crippen molar-refractivity contribution in [3.05, 3.63) is 52.6 Å². The molecule has 0 atom stereocenters. The average molecular weight is 290 g/mol. The minimum atomic E-state index is -0.981. The van der Waals surface area contributed by atoms with E-state index in [1.807, 2.05) is 13.8 Å². The van der Waals surface area contributed by atoms with Crippen LogP contribution in [0.1, 0.15) is 26.7 Å². The Morgan fingerprint density at radius 3 is 2.48 bits per heavy atom. The number of benzene rings is 1. The van der Waals surface area contributed by atoms with Gasteiger partial charge in [-0.3, -0.25) is 4.79 Å². The molecule has 21 heavy (non-hydrogen) atoms. The molecule has 1 heterocycles. The summed E-state index contributed by atoms with van der Waals surface area (Å²) in [6, 6.07) is 9.11. The zero-order valence-electron chi connectivity index (χ0n) is 12.2. The lowest BCUT2D eigenvalue weighted by Crippen LogP contribution is -2.38. The topological polar surface area (TPSA) is 55.1 Å². The van der Waals surface area contributed by atoms with Crippen molar-refractivity contribution < 1.29 is 9.50 Å². The first-order valence-electron chi connectivity index (χ1n) is 7.04. The lowest BCUT2D eigenvalue weighted by molar-refractivity contribution is 0.0106.